The maximum Gasteiger partial charge on any atom is 0.260 e. The van der Waals surface area contributed by atoms with Gasteiger partial charge < -0.3 is 19.1 Å². The smallest absolute Gasteiger partial charge is 0.260 e. The Bertz CT molecular complexity index is 814. The highest BCUT2D eigenvalue weighted by Crippen LogP contribution is 2.28. The van der Waals surface area contributed by atoms with Crippen molar-refractivity contribution < 1.29 is 19.0 Å². The number of hydrogen-bond acceptors (Lipinski definition) is 5. The van der Waals surface area contributed by atoms with Crippen LogP contribution in [0.5, 0.6) is 17.2 Å². The summed E-state index contributed by atoms with van der Waals surface area (Å²) in [5.41, 5.74) is 1.44. The molecule has 2 aromatic rings. The molecule has 0 radical (unpaired) electrons. The Morgan fingerprint density at radius 2 is 1.93 bits per heavy atom. The monoisotopic (exact) mass is 368 g/mol. The van der Waals surface area contributed by atoms with Crippen molar-refractivity contribution in [2.45, 2.75) is 20.4 Å². The fraction of sp³-hybridized carbons (Fsp3) is 0.333. The normalized spacial score (nSPS) is 10.0. The van der Waals surface area contributed by atoms with Gasteiger partial charge in [0.2, 0.25) is 0 Å². The molecular weight excluding hydrogens is 344 g/mol. The molecule has 2 aromatic carbocycles. The van der Waals surface area contributed by atoms with Gasteiger partial charge in [-0.2, -0.15) is 5.26 Å². The number of carbonyl (C=O) groups is 1. The van der Waals surface area contributed by atoms with E-state index in [0.717, 1.165) is 5.56 Å². The quantitative estimate of drug-likeness (QED) is 0.678. The summed E-state index contributed by atoms with van der Waals surface area (Å²) in [7, 11) is 1.59. The van der Waals surface area contributed by atoms with Crippen LogP contribution in [0.1, 0.15) is 25.0 Å². The maximum atomic E-state index is 12.5. The van der Waals surface area contributed by atoms with Crippen molar-refractivity contribution in [1.29, 1.82) is 5.26 Å². The molecule has 0 N–H and O–H groups in total. The highest BCUT2D eigenvalue weighted by molar-refractivity contribution is 5.77. The third-order valence-electron chi connectivity index (χ3n) is 3.96. The molecule has 6 nitrogen and oxygen atoms in total. The molecule has 0 aliphatic carbocycles. The van der Waals surface area contributed by atoms with Crippen molar-refractivity contribution in [3.8, 4) is 23.3 Å². The van der Waals surface area contributed by atoms with Gasteiger partial charge in [0.1, 0.15) is 5.75 Å². The van der Waals surface area contributed by atoms with Crippen molar-refractivity contribution in [1.82, 2.24) is 4.90 Å². The van der Waals surface area contributed by atoms with Gasteiger partial charge in [-0.05, 0) is 49.7 Å². The first kappa shape index (κ1) is 20.1. The van der Waals surface area contributed by atoms with Gasteiger partial charge in [-0.15, -0.1) is 0 Å². The lowest BCUT2D eigenvalue weighted by molar-refractivity contribution is -0.133. The van der Waals surface area contributed by atoms with E-state index >= 15 is 0 Å². The minimum atomic E-state index is -0.132. The summed E-state index contributed by atoms with van der Waals surface area (Å²) in [5.74, 6) is 1.69. The van der Waals surface area contributed by atoms with Crippen LogP contribution in [0.3, 0.4) is 0 Å². The first-order chi connectivity index (χ1) is 13.1. The van der Waals surface area contributed by atoms with E-state index in [4.69, 9.17) is 19.5 Å². The molecule has 0 saturated heterocycles. The van der Waals surface area contributed by atoms with E-state index in [0.29, 0.717) is 42.5 Å². The van der Waals surface area contributed by atoms with E-state index in [1.807, 2.05) is 38.1 Å². The minimum Gasteiger partial charge on any atom is -0.493 e. The zero-order valence-corrected chi connectivity index (χ0v) is 15.9. The molecule has 27 heavy (non-hydrogen) atoms. The predicted octanol–water partition coefficient (Wildman–Crippen LogP) is 3.39. The highest BCUT2D eigenvalue weighted by Gasteiger charge is 2.15. The maximum absolute atomic E-state index is 12.5. The highest BCUT2D eigenvalue weighted by atomic mass is 16.5. The standard InChI is InChI=1S/C21H24N2O4/c1-4-23(14-17-9-10-19(26-5-2)20(12-17)25-3)21(24)15-27-18-8-6-7-16(11-18)13-22/h6-12H,4-5,14-15H2,1-3H3. The van der Waals surface area contributed by atoms with Crippen LogP contribution in [0.4, 0.5) is 0 Å². The van der Waals surface area contributed by atoms with Crippen molar-refractivity contribution in [3.63, 3.8) is 0 Å². The third-order valence-corrected chi connectivity index (χ3v) is 3.96. The number of nitriles is 1. The lowest BCUT2D eigenvalue weighted by Crippen LogP contribution is -2.34. The van der Waals surface area contributed by atoms with Crippen molar-refractivity contribution in [2.24, 2.45) is 0 Å². The first-order valence-corrected chi connectivity index (χ1v) is 8.81. The zero-order chi connectivity index (χ0) is 19.6. The summed E-state index contributed by atoms with van der Waals surface area (Å²) in [6, 6.07) is 14.4. The SMILES string of the molecule is CCOc1ccc(CN(CC)C(=O)COc2cccc(C#N)c2)cc1OC. The van der Waals surface area contributed by atoms with Gasteiger partial charge in [-0.3, -0.25) is 4.79 Å². The van der Waals surface area contributed by atoms with E-state index in [9.17, 15) is 4.79 Å². The molecule has 1 amide bonds. The molecule has 142 valence electrons. The van der Waals surface area contributed by atoms with Crippen molar-refractivity contribution >= 4 is 5.91 Å². The van der Waals surface area contributed by atoms with Crippen molar-refractivity contribution in [2.75, 3.05) is 26.9 Å². The third kappa shape index (κ3) is 5.65. The van der Waals surface area contributed by atoms with E-state index in [1.54, 1.807) is 36.3 Å². The Morgan fingerprint density at radius 3 is 2.59 bits per heavy atom. The van der Waals surface area contributed by atoms with Gasteiger partial charge in [0.25, 0.3) is 5.91 Å². The Hall–Kier alpha value is -3.20. The van der Waals surface area contributed by atoms with Gasteiger partial charge in [-0.1, -0.05) is 12.1 Å². The number of benzene rings is 2. The van der Waals surface area contributed by atoms with E-state index in [1.165, 1.54) is 0 Å². The lowest BCUT2D eigenvalue weighted by atomic mass is 10.2. The van der Waals surface area contributed by atoms with Gasteiger partial charge in [-0.25, -0.2) is 0 Å². The minimum absolute atomic E-state index is 0.0864. The summed E-state index contributed by atoms with van der Waals surface area (Å²) in [6.45, 7) is 5.29. The number of nitrogens with zero attached hydrogens (tertiary/aromatic N) is 2. The average molecular weight is 368 g/mol. The Labute approximate surface area is 159 Å². The lowest BCUT2D eigenvalue weighted by Gasteiger charge is -2.22. The van der Waals surface area contributed by atoms with Gasteiger partial charge in [0.15, 0.2) is 18.1 Å². The molecule has 0 aliphatic rings. The molecule has 0 heterocycles. The molecule has 0 aromatic heterocycles. The van der Waals surface area contributed by atoms with Crippen LogP contribution < -0.4 is 14.2 Å². The molecule has 0 unspecified atom stereocenters. The van der Waals surface area contributed by atoms with Crippen LogP contribution in [0.25, 0.3) is 0 Å². The Balaban J connectivity index is 2.01. The second-order valence-corrected chi connectivity index (χ2v) is 5.75. The number of rotatable bonds is 9. The number of carbonyl (C=O) groups excluding carboxylic acids is 1. The number of likely N-dealkylation sites (N-methyl/N-ethyl adjacent to an activating group) is 1. The summed E-state index contributed by atoms with van der Waals surface area (Å²) >= 11 is 0. The van der Waals surface area contributed by atoms with Crippen LogP contribution >= 0.6 is 0 Å². The summed E-state index contributed by atoms with van der Waals surface area (Å²) < 4.78 is 16.4. The molecule has 0 aliphatic heterocycles. The van der Waals surface area contributed by atoms with E-state index < -0.39 is 0 Å². The molecule has 0 atom stereocenters. The van der Waals surface area contributed by atoms with Gasteiger partial charge in [0.05, 0.1) is 25.3 Å². The molecular formula is C21H24N2O4. The van der Waals surface area contributed by atoms with E-state index in [2.05, 4.69) is 0 Å². The van der Waals surface area contributed by atoms with E-state index in [-0.39, 0.29) is 12.5 Å². The molecule has 0 fully saturated rings. The molecule has 0 saturated carbocycles. The summed E-state index contributed by atoms with van der Waals surface area (Å²) in [6.07, 6.45) is 0. The molecule has 0 bridgehead atoms. The second-order valence-electron chi connectivity index (χ2n) is 5.75. The summed E-state index contributed by atoms with van der Waals surface area (Å²) in [4.78, 5) is 14.2. The van der Waals surface area contributed by atoms with Crippen LogP contribution in [-0.4, -0.2) is 37.7 Å². The van der Waals surface area contributed by atoms with Gasteiger partial charge in [0, 0.05) is 13.1 Å². The Kier molecular flexibility index (Phi) is 7.50. The van der Waals surface area contributed by atoms with Crippen LogP contribution in [0.2, 0.25) is 0 Å². The molecule has 0 spiro atoms. The zero-order valence-electron chi connectivity index (χ0n) is 15.9. The summed E-state index contributed by atoms with van der Waals surface area (Å²) in [5, 5.41) is 8.93. The van der Waals surface area contributed by atoms with Crippen LogP contribution in [-0.2, 0) is 11.3 Å². The largest absolute Gasteiger partial charge is 0.493 e. The van der Waals surface area contributed by atoms with Crippen LogP contribution in [0.15, 0.2) is 42.5 Å². The average Bonchev–Trinajstić information content (AvgIpc) is 2.71. The van der Waals surface area contributed by atoms with Crippen molar-refractivity contribution in [3.05, 3.63) is 53.6 Å². The fourth-order valence-electron chi connectivity index (χ4n) is 2.57. The number of ether oxygens (including phenoxy) is 3. The topological polar surface area (TPSA) is 71.8 Å². The first-order valence-electron chi connectivity index (χ1n) is 8.81. The molecule has 2 rings (SSSR count). The number of amides is 1. The molecule has 6 heteroatoms. The number of hydrogen-bond donors (Lipinski definition) is 0. The predicted molar refractivity (Wildman–Crippen MR) is 102 cm³/mol. The van der Waals surface area contributed by atoms with Crippen LogP contribution in [0, 0.1) is 11.3 Å². The fourth-order valence-corrected chi connectivity index (χ4v) is 2.57. The number of methoxy groups -OCH3 is 1. The Morgan fingerprint density at radius 1 is 1.11 bits per heavy atom. The second kappa shape index (κ2) is 10.1. The van der Waals surface area contributed by atoms with Gasteiger partial charge >= 0.3 is 0 Å².